The van der Waals surface area contributed by atoms with Gasteiger partial charge in [-0.25, -0.2) is 0 Å². The summed E-state index contributed by atoms with van der Waals surface area (Å²) in [4.78, 5) is 0. The minimum Gasteiger partial charge on any atom is -0.388 e. The topological polar surface area (TPSA) is 20.2 Å². The zero-order chi connectivity index (χ0) is 13.4. The van der Waals surface area contributed by atoms with Crippen LogP contribution >= 0.6 is 0 Å². The third kappa shape index (κ3) is 5.68. The van der Waals surface area contributed by atoms with E-state index in [1.165, 1.54) is 24.8 Å². The molecule has 1 nitrogen and oxygen atoms in total. The maximum absolute atomic E-state index is 10.1. The molecule has 0 fully saturated rings. The second kappa shape index (κ2) is 8.31. The van der Waals surface area contributed by atoms with E-state index >= 15 is 0 Å². The molecule has 0 heterocycles. The lowest BCUT2D eigenvalue weighted by atomic mass is 9.98. The number of rotatable bonds is 8. The van der Waals surface area contributed by atoms with E-state index in [0.717, 1.165) is 24.8 Å². The molecule has 1 unspecified atom stereocenters. The van der Waals surface area contributed by atoms with Gasteiger partial charge in [-0.1, -0.05) is 70.7 Å². The van der Waals surface area contributed by atoms with Gasteiger partial charge in [-0.3, -0.25) is 0 Å². The molecule has 1 heteroatoms. The van der Waals surface area contributed by atoms with Gasteiger partial charge >= 0.3 is 0 Å². The molecule has 1 rings (SSSR count). The van der Waals surface area contributed by atoms with Crippen molar-refractivity contribution in [1.82, 2.24) is 0 Å². The van der Waals surface area contributed by atoms with Crippen LogP contribution < -0.4 is 0 Å². The number of unbranched alkanes of at least 4 members (excludes halogenated alkanes) is 3. The molecule has 0 aliphatic carbocycles. The van der Waals surface area contributed by atoms with Crippen molar-refractivity contribution >= 4 is 0 Å². The normalized spacial score (nSPS) is 12.9. The van der Waals surface area contributed by atoms with Gasteiger partial charge in [0.25, 0.3) is 0 Å². The summed E-state index contributed by atoms with van der Waals surface area (Å²) in [5.41, 5.74) is 2.44. The van der Waals surface area contributed by atoms with Gasteiger partial charge in [0.1, 0.15) is 0 Å². The lowest BCUT2D eigenvalue weighted by molar-refractivity contribution is 0.163. The molecule has 0 saturated heterocycles. The number of aliphatic hydroxyl groups is 1. The van der Waals surface area contributed by atoms with Crippen molar-refractivity contribution in [3.05, 3.63) is 35.4 Å². The molecule has 1 aromatic carbocycles. The van der Waals surface area contributed by atoms with Crippen molar-refractivity contribution in [1.29, 1.82) is 0 Å². The second-order valence-corrected chi connectivity index (χ2v) is 5.70. The SMILES string of the molecule is CCCCCCC(O)c1ccc(CC(C)C)cc1. The van der Waals surface area contributed by atoms with Gasteiger partial charge in [0.15, 0.2) is 0 Å². The van der Waals surface area contributed by atoms with Crippen molar-refractivity contribution in [3.8, 4) is 0 Å². The highest BCUT2D eigenvalue weighted by molar-refractivity contribution is 5.24. The van der Waals surface area contributed by atoms with Crippen LogP contribution in [0.3, 0.4) is 0 Å². The zero-order valence-corrected chi connectivity index (χ0v) is 12.2. The van der Waals surface area contributed by atoms with Crippen molar-refractivity contribution in [2.75, 3.05) is 0 Å². The summed E-state index contributed by atoms with van der Waals surface area (Å²) in [5, 5.41) is 10.1. The molecule has 18 heavy (non-hydrogen) atoms. The van der Waals surface area contributed by atoms with E-state index in [1.54, 1.807) is 0 Å². The van der Waals surface area contributed by atoms with E-state index < -0.39 is 0 Å². The van der Waals surface area contributed by atoms with E-state index in [1.807, 2.05) is 0 Å². The van der Waals surface area contributed by atoms with E-state index in [0.29, 0.717) is 5.92 Å². The molecule has 0 aromatic heterocycles. The molecule has 1 aromatic rings. The molecule has 0 amide bonds. The quantitative estimate of drug-likeness (QED) is 0.649. The van der Waals surface area contributed by atoms with Crippen LogP contribution in [0.2, 0.25) is 0 Å². The molecule has 0 aliphatic rings. The molecule has 0 bridgehead atoms. The van der Waals surface area contributed by atoms with Crippen molar-refractivity contribution in [2.24, 2.45) is 5.92 Å². The first-order valence-corrected chi connectivity index (χ1v) is 7.40. The van der Waals surface area contributed by atoms with Crippen LogP contribution in [0.4, 0.5) is 0 Å². The Bertz CT molecular complexity index is 313. The second-order valence-electron chi connectivity index (χ2n) is 5.70. The highest BCUT2D eigenvalue weighted by Crippen LogP contribution is 2.21. The molecule has 102 valence electrons. The zero-order valence-electron chi connectivity index (χ0n) is 12.2. The van der Waals surface area contributed by atoms with E-state index in [4.69, 9.17) is 0 Å². The van der Waals surface area contributed by atoms with Crippen molar-refractivity contribution in [2.45, 2.75) is 65.4 Å². The number of aliphatic hydroxyl groups excluding tert-OH is 1. The van der Waals surface area contributed by atoms with Gasteiger partial charge in [0.05, 0.1) is 6.10 Å². The van der Waals surface area contributed by atoms with Gasteiger partial charge in [-0.15, -0.1) is 0 Å². The lowest BCUT2D eigenvalue weighted by Gasteiger charge is -2.12. The Labute approximate surface area is 112 Å². The Balaban J connectivity index is 2.41. The first-order chi connectivity index (χ1) is 8.63. The predicted octanol–water partition coefficient (Wildman–Crippen LogP) is 4.89. The fraction of sp³-hybridized carbons (Fsp3) is 0.647. The average molecular weight is 248 g/mol. The smallest absolute Gasteiger partial charge is 0.0790 e. The molecule has 1 atom stereocenters. The van der Waals surface area contributed by atoms with Crippen LogP contribution in [0.25, 0.3) is 0 Å². The summed E-state index contributed by atoms with van der Waals surface area (Å²) in [5.74, 6) is 0.690. The molecule has 1 N–H and O–H groups in total. The van der Waals surface area contributed by atoms with Crippen molar-refractivity contribution < 1.29 is 5.11 Å². The van der Waals surface area contributed by atoms with Crippen LogP contribution in [0.1, 0.15) is 70.1 Å². The van der Waals surface area contributed by atoms with Crippen LogP contribution in [0.15, 0.2) is 24.3 Å². The summed E-state index contributed by atoms with van der Waals surface area (Å²) in [7, 11) is 0. The minimum atomic E-state index is -0.282. The van der Waals surface area contributed by atoms with Gasteiger partial charge in [-0.2, -0.15) is 0 Å². The number of benzene rings is 1. The summed E-state index contributed by atoms with van der Waals surface area (Å²) >= 11 is 0. The Morgan fingerprint density at radius 1 is 1.00 bits per heavy atom. The summed E-state index contributed by atoms with van der Waals surface area (Å²) < 4.78 is 0. The maximum atomic E-state index is 10.1. The third-order valence-electron chi connectivity index (χ3n) is 3.34. The fourth-order valence-electron chi connectivity index (χ4n) is 2.28. The standard InChI is InChI=1S/C17H28O/c1-4-5-6-7-8-17(18)16-11-9-15(10-12-16)13-14(2)3/h9-12,14,17-18H,4-8,13H2,1-3H3. The van der Waals surface area contributed by atoms with Gasteiger partial charge < -0.3 is 5.11 Å². The highest BCUT2D eigenvalue weighted by atomic mass is 16.3. The molecule has 0 spiro atoms. The van der Waals surface area contributed by atoms with Crippen LogP contribution in [0, 0.1) is 5.92 Å². The average Bonchev–Trinajstić information content (AvgIpc) is 2.34. The first kappa shape index (κ1) is 15.2. The Kier molecular flexibility index (Phi) is 7.04. The largest absolute Gasteiger partial charge is 0.388 e. The summed E-state index contributed by atoms with van der Waals surface area (Å²) in [6.45, 7) is 6.68. The van der Waals surface area contributed by atoms with E-state index in [2.05, 4.69) is 45.0 Å². The highest BCUT2D eigenvalue weighted by Gasteiger charge is 2.07. The van der Waals surface area contributed by atoms with Gasteiger partial charge in [0, 0.05) is 0 Å². The maximum Gasteiger partial charge on any atom is 0.0790 e. The Hall–Kier alpha value is -0.820. The van der Waals surface area contributed by atoms with Crippen molar-refractivity contribution in [3.63, 3.8) is 0 Å². The molecular formula is C17H28O. The summed E-state index contributed by atoms with van der Waals surface area (Å²) in [6, 6.07) is 8.49. The van der Waals surface area contributed by atoms with Crippen LogP contribution in [0.5, 0.6) is 0 Å². The fourth-order valence-corrected chi connectivity index (χ4v) is 2.28. The number of hydrogen-bond donors (Lipinski definition) is 1. The third-order valence-corrected chi connectivity index (χ3v) is 3.34. The molecule has 0 radical (unpaired) electrons. The van der Waals surface area contributed by atoms with Gasteiger partial charge in [-0.05, 0) is 29.9 Å². The monoisotopic (exact) mass is 248 g/mol. The van der Waals surface area contributed by atoms with E-state index in [9.17, 15) is 5.11 Å². The first-order valence-electron chi connectivity index (χ1n) is 7.40. The van der Waals surface area contributed by atoms with Crippen LogP contribution in [-0.2, 0) is 6.42 Å². The predicted molar refractivity (Wildman–Crippen MR) is 78.7 cm³/mol. The van der Waals surface area contributed by atoms with E-state index in [-0.39, 0.29) is 6.10 Å². The van der Waals surface area contributed by atoms with Gasteiger partial charge in [0.2, 0.25) is 0 Å². The Morgan fingerprint density at radius 3 is 2.22 bits per heavy atom. The Morgan fingerprint density at radius 2 is 1.67 bits per heavy atom. The lowest BCUT2D eigenvalue weighted by Crippen LogP contribution is -1.99. The minimum absolute atomic E-state index is 0.282. The molecule has 0 saturated carbocycles. The van der Waals surface area contributed by atoms with Crippen LogP contribution in [-0.4, -0.2) is 5.11 Å². The summed E-state index contributed by atoms with van der Waals surface area (Å²) in [6.07, 6.45) is 6.62. The molecular weight excluding hydrogens is 220 g/mol. The number of hydrogen-bond acceptors (Lipinski definition) is 1. The molecule has 0 aliphatic heterocycles.